The van der Waals surface area contributed by atoms with Crippen LogP contribution in [0.2, 0.25) is 5.02 Å². The predicted octanol–water partition coefficient (Wildman–Crippen LogP) is 4.95. The van der Waals surface area contributed by atoms with Gasteiger partial charge in [-0.2, -0.15) is 0 Å². The number of carbonyl (C=O) groups is 1. The molecule has 1 aliphatic heterocycles. The van der Waals surface area contributed by atoms with Crippen LogP contribution in [0.1, 0.15) is 25.7 Å². The molecule has 0 bridgehead atoms. The number of hydrogen-bond acceptors (Lipinski definition) is 3. The second kappa shape index (κ2) is 8.20. The fourth-order valence-corrected chi connectivity index (χ4v) is 3.84. The lowest BCUT2D eigenvalue weighted by Crippen LogP contribution is -2.43. The van der Waals surface area contributed by atoms with Crippen LogP contribution in [0.3, 0.4) is 0 Å². The minimum atomic E-state index is 0.0354. The molecule has 4 rings (SSSR count). The van der Waals surface area contributed by atoms with E-state index in [4.69, 9.17) is 18.2 Å². The number of rotatable bonds is 5. The molecular formula is C22H23ClN4O. The van der Waals surface area contributed by atoms with Gasteiger partial charge in [0.05, 0.1) is 6.57 Å². The van der Waals surface area contributed by atoms with E-state index in [0.717, 1.165) is 44.0 Å². The monoisotopic (exact) mass is 394 g/mol. The van der Waals surface area contributed by atoms with Gasteiger partial charge in [-0.15, -0.1) is 0 Å². The fraction of sp³-hybridized carbons (Fsp3) is 0.409. The third kappa shape index (κ3) is 4.28. The zero-order chi connectivity index (χ0) is 19.5. The van der Waals surface area contributed by atoms with E-state index in [2.05, 4.69) is 14.7 Å². The van der Waals surface area contributed by atoms with Gasteiger partial charge in [0.2, 0.25) is 11.6 Å². The highest BCUT2D eigenvalue weighted by Crippen LogP contribution is 2.34. The van der Waals surface area contributed by atoms with Crippen molar-refractivity contribution in [2.24, 2.45) is 11.8 Å². The normalized spacial score (nSPS) is 17.2. The number of carbonyl (C=O) groups excluding carboxylic acids is 1. The van der Waals surface area contributed by atoms with E-state index in [1.165, 1.54) is 12.8 Å². The smallest absolute Gasteiger partial charge is 0.230 e. The van der Waals surface area contributed by atoms with E-state index in [0.29, 0.717) is 16.6 Å². The van der Waals surface area contributed by atoms with Crippen molar-refractivity contribution in [3.8, 4) is 0 Å². The van der Waals surface area contributed by atoms with Gasteiger partial charge in [-0.1, -0.05) is 17.7 Å². The molecule has 2 heterocycles. The minimum Gasteiger partial charge on any atom is -0.357 e. The van der Waals surface area contributed by atoms with Crippen molar-refractivity contribution in [2.45, 2.75) is 25.7 Å². The SMILES string of the molecule is [C-]#[N+]c1ccc(N2CCC(C(=O)N(CC3CC3)c3ccc(Cl)cc3)CC2)nc1. The standard InChI is InChI=1S/C22H23ClN4O/c1-24-19-6-9-21(25-14-19)26-12-10-17(11-13-26)22(28)27(15-16-2-3-16)20-7-4-18(23)5-8-20/h4-9,14,16-17H,2-3,10-13,15H2. The van der Waals surface area contributed by atoms with Crippen molar-refractivity contribution in [2.75, 3.05) is 29.4 Å². The Balaban J connectivity index is 1.42. The van der Waals surface area contributed by atoms with Gasteiger partial charge in [0.25, 0.3) is 0 Å². The lowest BCUT2D eigenvalue weighted by atomic mass is 9.94. The molecule has 1 aromatic heterocycles. The number of hydrogen-bond donors (Lipinski definition) is 0. The number of amides is 1. The second-order valence-electron chi connectivity index (χ2n) is 7.62. The molecule has 28 heavy (non-hydrogen) atoms. The van der Waals surface area contributed by atoms with E-state index < -0.39 is 0 Å². The van der Waals surface area contributed by atoms with Gasteiger partial charge >= 0.3 is 0 Å². The lowest BCUT2D eigenvalue weighted by molar-refractivity contribution is -0.123. The summed E-state index contributed by atoms with van der Waals surface area (Å²) in [6, 6.07) is 11.3. The topological polar surface area (TPSA) is 40.8 Å². The summed E-state index contributed by atoms with van der Waals surface area (Å²) in [5, 5.41) is 0.688. The molecule has 2 aromatic rings. The summed E-state index contributed by atoms with van der Waals surface area (Å²) in [7, 11) is 0. The van der Waals surface area contributed by atoms with Crippen molar-refractivity contribution < 1.29 is 4.79 Å². The van der Waals surface area contributed by atoms with Crippen LogP contribution in [-0.4, -0.2) is 30.5 Å². The Labute approximate surface area is 170 Å². The Morgan fingerprint density at radius 2 is 1.86 bits per heavy atom. The molecule has 0 radical (unpaired) electrons. The number of nitrogens with zero attached hydrogens (tertiary/aromatic N) is 4. The third-order valence-electron chi connectivity index (χ3n) is 5.57. The number of pyridine rings is 1. The molecule has 5 nitrogen and oxygen atoms in total. The van der Waals surface area contributed by atoms with Crippen LogP contribution in [0, 0.1) is 18.4 Å². The molecule has 1 saturated carbocycles. The summed E-state index contributed by atoms with van der Waals surface area (Å²) in [4.78, 5) is 25.2. The van der Waals surface area contributed by atoms with E-state index in [-0.39, 0.29) is 11.8 Å². The zero-order valence-corrected chi connectivity index (χ0v) is 16.5. The van der Waals surface area contributed by atoms with E-state index in [1.807, 2.05) is 35.2 Å². The maximum Gasteiger partial charge on any atom is 0.230 e. The molecule has 1 saturated heterocycles. The van der Waals surface area contributed by atoms with Crippen LogP contribution in [0.25, 0.3) is 4.85 Å². The average Bonchev–Trinajstić information content (AvgIpc) is 3.57. The van der Waals surface area contributed by atoms with Crippen LogP contribution in [0.15, 0.2) is 42.6 Å². The first kappa shape index (κ1) is 18.8. The molecule has 0 unspecified atom stereocenters. The van der Waals surface area contributed by atoms with Gasteiger partial charge in [0, 0.05) is 42.5 Å². The third-order valence-corrected chi connectivity index (χ3v) is 5.82. The van der Waals surface area contributed by atoms with E-state index in [1.54, 1.807) is 12.3 Å². The van der Waals surface area contributed by atoms with Crippen molar-refractivity contribution >= 4 is 34.7 Å². The Bertz CT molecular complexity index is 863. The quantitative estimate of drug-likeness (QED) is 0.674. The Hall–Kier alpha value is -2.58. The minimum absolute atomic E-state index is 0.0354. The first-order valence-electron chi connectivity index (χ1n) is 9.79. The number of piperidine rings is 1. The Morgan fingerprint density at radius 1 is 1.14 bits per heavy atom. The number of benzene rings is 1. The summed E-state index contributed by atoms with van der Waals surface area (Å²) in [5.41, 5.74) is 1.49. The number of aromatic nitrogens is 1. The molecule has 0 spiro atoms. The molecule has 1 aliphatic carbocycles. The first-order valence-corrected chi connectivity index (χ1v) is 10.2. The summed E-state index contributed by atoms with van der Waals surface area (Å²) >= 11 is 6.02. The average molecular weight is 395 g/mol. The first-order chi connectivity index (χ1) is 13.6. The largest absolute Gasteiger partial charge is 0.357 e. The fourth-order valence-electron chi connectivity index (χ4n) is 3.71. The molecule has 0 atom stereocenters. The highest BCUT2D eigenvalue weighted by atomic mass is 35.5. The molecule has 144 valence electrons. The molecule has 0 N–H and O–H groups in total. The van der Waals surface area contributed by atoms with E-state index >= 15 is 0 Å². The molecule has 1 amide bonds. The van der Waals surface area contributed by atoms with Crippen molar-refractivity contribution in [1.29, 1.82) is 0 Å². The molecule has 6 heteroatoms. The molecular weight excluding hydrogens is 372 g/mol. The zero-order valence-electron chi connectivity index (χ0n) is 15.7. The van der Waals surface area contributed by atoms with Crippen molar-refractivity contribution in [3.63, 3.8) is 0 Å². The maximum absolute atomic E-state index is 13.3. The summed E-state index contributed by atoms with van der Waals surface area (Å²) in [5.74, 6) is 1.77. The van der Waals surface area contributed by atoms with Crippen molar-refractivity contribution in [3.05, 3.63) is 59.0 Å². The summed E-state index contributed by atoms with van der Waals surface area (Å²) < 4.78 is 0. The molecule has 2 fully saturated rings. The Morgan fingerprint density at radius 3 is 2.43 bits per heavy atom. The number of anilines is 2. The lowest BCUT2D eigenvalue weighted by Gasteiger charge is -2.35. The van der Waals surface area contributed by atoms with E-state index in [9.17, 15) is 4.79 Å². The van der Waals surface area contributed by atoms with Crippen LogP contribution in [0.5, 0.6) is 0 Å². The van der Waals surface area contributed by atoms with Crippen LogP contribution >= 0.6 is 11.6 Å². The molecule has 2 aliphatic rings. The number of halogens is 1. The highest BCUT2D eigenvalue weighted by Gasteiger charge is 2.33. The highest BCUT2D eigenvalue weighted by molar-refractivity contribution is 6.30. The Kier molecular flexibility index (Phi) is 5.50. The van der Waals surface area contributed by atoms with Gasteiger partial charge in [-0.3, -0.25) is 9.78 Å². The van der Waals surface area contributed by atoms with Crippen LogP contribution in [-0.2, 0) is 4.79 Å². The van der Waals surface area contributed by atoms with Gasteiger partial charge in [0.1, 0.15) is 5.82 Å². The second-order valence-corrected chi connectivity index (χ2v) is 8.05. The van der Waals surface area contributed by atoms with Gasteiger partial charge in [-0.05, 0) is 61.9 Å². The van der Waals surface area contributed by atoms with Gasteiger partial charge in [0.15, 0.2) is 0 Å². The van der Waals surface area contributed by atoms with Crippen LogP contribution in [0.4, 0.5) is 17.2 Å². The van der Waals surface area contributed by atoms with Gasteiger partial charge < -0.3 is 9.80 Å². The summed E-state index contributed by atoms with van der Waals surface area (Å²) in [6.45, 7) is 9.44. The maximum atomic E-state index is 13.3. The predicted molar refractivity (Wildman–Crippen MR) is 112 cm³/mol. The summed E-state index contributed by atoms with van der Waals surface area (Å²) in [6.07, 6.45) is 5.67. The molecule has 1 aromatic carbocycles. The van der Waals surface area contributed by atoms with Crippen LogP contribution < -0.4 is 9.80 Å². The van der Waals surface area contributed by atoms with Gasteiger partial charge in [-0.25, -0.2) is 4.85 Å². The van der Waals surface area contributed by atoms with Crippen molar-refractivity contribution in [1.82, 2.24) is 4.98 Å².